The first-order valence-electron chi connectivity index (χ1n) is 3.66. The van der Waals surface area contributed by atoms with E-state index in [-0.39, 0.29) is 0 Å². The van der Waals surface area contributed by atoms with Crippen molar-refractivity contribution in [2.45, 2.75) is 6.54 Å². The standard InChI is InChI=1S/C9H11NO2/c1-10(12)6-8-2-4-9(7-11)5-3-8/h2-5,7,12H,6H2,1H3. The molecule has 0 heterocycles. The number of aldehydes is 1. The number of carbonyl (C=O) groups excluding carboxylic acids is 1. The average molecular weight is 165 g/mol. The second-order valence-corrected chi connectivity index (χ2v) is 2.68. The summed E-state index contributed by atoms with van der Waals surface area (Å²) in [4.78, 5) is 10.3. The van der Waals surface area contributed by atoms with Gasteiger partial charge in [-0.2, -0.15) is 5.06 Å². The fourth-order valence-corrected chi connectivity index (χ4v) is 0.966. The molecule has 3 nitrogen and oxygen atoms in total. The Bertz CT molecular complexity index is 254. The number of hydrogen-bond acceptors (Lipinski definition) is 3. The maximum absolute atomic E-state index is 10.3. The Labute approximate surface area is 71.2 Å². The van der Waals surface area contributed by atoms with Gasteiger partial charge in [-0.25, -0.2) is 0 Å². The molecule has 1 aromatic rings. The molecular formula is C9H11NO2. The van der Waals surface area contributed by atoms with Gasteiger partial charge in [0.1, 0.15) is 6.29 Å². The van der Waals surface area contributed by atoms with Crippen molar-refractivity contribution < 1.29 is 10.0 Å². The molecule has 64 valence electrons. The van der Waals surface area contributed by atoms with Crippen LogP contribution in [0.3, 0.4) is 0 Å². The van der Waals surface area contributed by atoms with Crippen molar-refractivity contribution in [2.75, 3.05) is 7.05 Å². The van der Waals surface area contributed by atoms with Crippen molar-refractivity contribution in [3.63, 3.8) is 0 Å². The summed E-state index contributed by atoms with van der Waals surface area (Å²) in [5, 5.41) is 9.99. The normalized spacial score (nSPS) is 10.2. The number of carbonyl (C=O) groups is 1. The Hall–Kier alpha value is -1.19. The second-order valence-electron chi connectivity index (χ2n) is 2.68. The first-order chi connectivity index (χ1) is 5.72. The maximum Gasteiger partial charge on any atom is 0.150 e. The van der Waals surface area contributed by atoms with Crippen LogP contribution in [-0.2, 0) is 6.54 Å². The van der Waals surface area contributed by atoms with Crippen LogP contribution in [0.1, 0.15) is 15.9 Å². The van der Waals surface area contributed by atoms with Crippen LogP contribution < -0.4 is 0 Å². The van der Waals surface area contributed by atoms with E-state index in [2.05, 4.69) is 0 Å². The summed E-state index contributed by atoms with van der Waals surface area (Å²) < 4.78 is 0. The summed E-state index contributed by atoms with van der Waals surface area (Å²) in [6.45, 7) is 0.471. The highest BCUT2D eigenvalue weighted by Gasteiger charge is 1.95. The van der Waals surface area contributed by atoms with Gasteiger partial charge < -0.3 is 5.21 Å². The zero-order valence-electron chi connectivity index (χ0n) is 6.90. The summed E-state index contributed by atoms with van der Waals surface area (Å²) in [6.07, 6.45) is 0.798. The van der Waals surface area contributed by atoms with E-state index in [4.69, 9.17) is 5.21 Å². The molecule has 12 heavy (non-hydrogen) atoms. The molecule has 0 amide bonds. The van der Waals surface area contributed by atoms with Crippen LogP contribution in [0.15, 0.2) is 24.3 Å². The summed E-state index contributed by atoms with van der Waals surface area (Å²) in [5.74, 6) is 0. The number of nitrogens with zero attached hydrogens (tertiary/aromatic N) is 1. The van der Waals surface area contributed by atoms with Crippen LogP contribution in [0.4, 0.5) is 0 Å². The molecule has 0 unspecified atom stereocenters. The molecule has 0 aliphatic carbocycles. The monoisotopic (exact) mass is 165 g/mol. The molecule has 0 saturated carbocycles. The first-order valence-corrected chi connectivity index (χ1v) is 3.66. The third-order valence-electron chi connectivity index (χ3n) is 1.53. The molecule has 0 aliphatic rings. The van der Waals surface area contributed by atoms with Gasteiger partial charge in [-0.1, -0.05) is 24.3 Å². The molecule has 0 aliphatic heterocycles. The van der Waals surface area contributed by atoms with Gasteiger partial charge >= 0.3 is 0 Å². The van der Waals surface area contributed by atoms with E-state index >= 15 is 0 Å². The number of rotatable bonds is 3. The van der Waals surface area contributed by atoms with Crippen molar-refractivity contribution in [2.24, 2.45) is 0 Å². The summed E-state index contributed by atoms with van der Waals surface area (Å²) >= 11 is 0. The van der Waals surface area contributed by atoms with Crippen LogP contribution in [0.25, 0.3) is 0 Å². The highest BCUT2D eigenvalue weighted by atomic mass is 16.5. The van der Waals surface area contributed by atoms with Gasteiger partial charge in [-0.3, -0.25) is 4.79 Å². The zero-order chi connectivity index (χ0) is 8.97. The molecule has 0 spiro atoms. The van der Waals surface area contributed by atoms with E-state index in [9.17, 15) is 4.79 Å². The molecule has 0 fully saturated rings. The Morgan fingerprint density at radius 2 is 2.00 bits per heavy atom. The molecule has 0 atom stereocenters. The molecule has 1 rings (SSSR count). The molecular weight excluding hydrogens is 154 g/mol. The Kier molecular flexibility index (Phi) is 2.96. The third kappa shape index (κ3) is 2.45. The minimum Gasteiger partial charge on any atom is -0.314 e. The number of hydroxylamine groups is 2. The third-order valence-corrected chi connectivity index (χ3v) is 1.53. The zero-order valence-corrected chi connectivity index (χ0v) is 6.90. The number of benzene rings is 1. The lowest BCUT2D eigenvalue weighted by Gasteiger charge is -2.07. The van der Waals surface area contributed by atoms with Gasteiger partial charge in [-0.15, -0.1) is 0 Å². The Morgan fingerprint density at radius 3 is 2.42 bits per heavy atom. The van der Waals surface area contributed by atoms with E-state index in [1.165, 1.54) is 0 Å². The Morgan fingerprint density at radius 1 is 1.42 bits per heavy atom. The van der Waals surface area contributed by atoms with Gasteiger partial charge in [0.05, 0.1) is 0 Å². The molecule has 0 aromatic heterocycles. The van der Waals surface area contributed by atoms with Crippen LogP contribution in [0.2, 0.25) is 0 Å². The fraction of sp³-hybridized carbons (Fsp3) is 0.222. The SMILES string of the molecule is CN(O)Cc1ccc(C=O)cc1. The van der Waals surface area contributed by atoms with Gasteiger partial charge in [0.2, 0.25) is 0 Å². The largest absolute Gasteiger partial charge is 0.314 e. The van der Waals surface area contributed by atoms with Gasteiger partial charge in [0.15, 0.2) is 0 Å². The minimum atomic E-state index is 0.471. The van der Waals surface area contributed by atoms with Crippen molar-refractivity contribution in [1.82, 2.24) is 5.06 Å². The van der Waals surface area contributed by atoms with E-state index in [0.717, 1.165) is 16.9 Å². The first kappa shape index (κ1) is 8.90. The summed E-state index contributed by atoms with van der Waals surface area (Å²) in [6, 6.07) is 7.09. The van der Waals surface area contributed by atoms with E-state index < -0.39 is 0 Å². The molecule has 0 radical (unpaired) electrons. The maximum atomic E-state index is 10.3. The van der Waals surface area contributed by atoms with Crippen molar-refractivity contribution >= 4 is 6.29 Å². The van der Waals surface area contributed by atoms with Crippen LogP contribution >= 0.6 is 0 Å². The summed E-state index contributed by atoms with van der Waals surface area (Å²) in [5.41, 5.74) is 1.63. The topological polar surface area (TPSA) is 40.5 Å². The fourth-order valence-electron chi connectivity index (χ4n) is 0.966. The number of hydrogen-bond donors (Lipinski definition) is 1. The smallest absolute Gasteiger partial charge is 0.150 e. The second kappa shape index (κ2) is 3.99. The van der Waals surface area contributed by atoms with Crippen molar-refractivity contribution in [3.8, 4) is 0 Å². The van der Waals surface area contributed by atoms with Gasteiger partial charge in [-0.05, 0) is 5.56 Å². The van der Waals surface area contributed by atoms with E-state index in [1.54, 1.807) is 19.2 Å². The molecule has 0 saturated heterocycles. The van der Waals surface area contributed by atoms with Crippen LogP contribution in [0, 0.1) is 0 Å². The average Bonchev–Trinajstić information content (AvgIpc) is 2.05. The van der Waals surface area contributed by atoms with Gasteiger partial charge in [0, 0.05) is 19.2 Å². The minimum absolute atomic E-state index is 0.471. The lowest BCUT2D eigenvalue weighted by Crippen LogP contribution is -2.11. The predicted octanol–water partition coefficient (Wildman–Crippen LogP) is 1.32. The quantitative estimate of drug-likeness (QED) is 0.542. The van der Waals surface area contributed by atoms with E-state index in [1.807, 2.05) is 12.1 Å². The van der Waals surface area contributed by atoms with Gasteiger partial charge in [0.25, 0.3) is 0 Å². The van der Waals surface area contributed by atoms with E-state index in [0.29, 0.717) is 12.1 Å². The summed E-state index contributed by atoms with van der Waals surface area (Å²) in [7, 11) is 1.58. The van der Waals surface area contributed by atoms with Crippen LogP contribution in [0.5, 0.6) is 0 Å². The van der Waals surface area contributed by atoms with Crippen LogP contribution in [-0.4, -0.2) is 23.6 Å². The molecule has 1 N–H and O–H groups in total. The highest BCUT2D eigenvalue weighted by molar-refractivity contribution is 5.74. The van der Waals surface area contributed by atoms with Crippen molar-refractivity contribution in [1.29, 1.82) is 0 Å². The Balaban J connectivity index is 2.71. The lowest BCUT2D eigenvalue weighted by molar-refractivity contribution is -0.0731. The molecule has 3 heteroatoms. The predicted molar refractivity (Wildman–Crippen MR) is 45.1 cm³/mol. The molecule has 1 aromatic carbocycles. The molecule has 0 bridgehead atoms. The highest BCUT2D eigenvalue weighted by Crippen LogP contribution is 2.03. The van der Waals surface area contributed by atoms with Crippen molar-refractivity contribution in [3.05, 3.63) is 35.4 Å². The lowest BCUT2D eigenvalue weighted by atomic mass is 10.1.